The fourth-order valence-electron chi connectivity index (χ4n) is 6.02. The zero-order chi connectivity index (χ0) is 13.3. The fraction of sp³-hybridized carbons (Fsp3) is 0.765. The van der Waals surface area contributed by atoms with Crippen LogP contribution in [0.15, 0.2) is 12.1 Å². The molecule has 0 aliphatic heterocycles. The van der Waals surface area contributed by atoms with Crippen LogP contribution in [-0.4, -0.2) is 5.11 Å². The average molecular weight is 276 g/mol. The summed E-state index contributed by atoms with van der Waals surface area (Å²) in [5, 5.41) is 11.0. The van der Waals surface area contributed by atoms with Gasteiger partial charge in [0.1, 0.15) is 0 Å². The van der Waals surface area contributed by atoms with Crippen molar-refractivity contribution in [2.45, 2.75) is 58.5 Å². The minimum absolute atomic E-state index is 0.204. The monoisotopic (exact) mass is 276 g/mol. The first-order valence-electron chi connectivity index (χ1n) is 7.73. The number of aryl methyl sites for hydroxylation is 1. The van der Waals surface area contributed by atoms with Gasteiger partial charge in [-0.25, -0.2) is 0 Å². The zero-order valence-electron chi connectivity index (χ0n) is 12.0. The summed E-state index contributed by atoms with van der Waals surface area (Å²) in [6.07, 6.45) is 7.87. The Hall–Kier alpha value is -0.340. The molecule has 19 heavy (non-hydrogen) atoms. The molecule has 0 spiro atoms. The molecule has 1 aromatic heterocycles. The molecule has 5 rings (SSSR count). The number of rotatable bonds is 2. The summed E-state index contributed by atoms with van der Waals surface area (Å²) < 4.78 is 0. The third-order valence-electron chi connectivity index (χ3n) is 6.01. The Kier molecular flexibility index (Phi) is 2.52. The second-order valence-electron chi connectivity index (χ2n) is 7.99. The third-order valence-corrected chi connectivity index (χ3v) is 7.06. The van der Waals surface area contributed by atoms with Gasteiger partial charge in [0, 0.05) is 15.2 Å². The van der Waals surface area contributed by atoms with Crippen LogP contribution in [0.25, 0.3) is 0 Å². The first kappa shape index (κ1) is 12.4. The van der Waals surface area contributed by atoms with Crippen LogP contribution in [0.2, 0.25) is 0 Å². The molecule has 3 unspecified atom stereocenters. The molecule has 1 N–H and O–H groups in total. The standard InChI is InChI=1S/C17H24OS/c1-11-3-4-14(19-11)15(18)17-8-12-5-13(9-17)7-16(2,6-12)10-17/h3-4,12-13,15,18H,5-10H2,1-2H3. The zero-order valence-corrected chi connectivity index (χ0v) is 12.8. The van der Waals surface area contributed by atoms with Gasteiger partial charge in [0.2, 0.25) is 0 Å². The summed E-state index contributed by atoms with van der Waals surface area (Å²) >= 11 is 1.79. The van der Waals surface area contributed by atoms with Crippen molar-refractivity contribution in [1.29, 1.82) is 0 Å². The van der Waals surface area contributed by atoms with Crippen molar-refractivity contribution in [3.63, 3.8) is 0 Å². The van der Waals surface area contributed by atoms with Crippen LogP contribution in [0.3, 0.4) is 0 Å². The van der Waals surface area contributed by atoms with Crippen molar-refractivity contribution in [3.05, 3.63) is 21.9 Å². The van der Waals surface area contributed by atoms with Crippen LogP contribution < -0.4 is 0 Å². The lowest BCUT2D eigenvalue weighted by atomic mass is 9.43. The van der Waals surface area contributed by atoms with Crippen molar-refractivity contribution in [2.75, 3.05) is 0 Å². The lowest BCUT2D eigenvalue weighted by Gasteiger charge is -2.62. The first-order valence-corrected chi connectivity index (χ1v) is 8.54. The second-order valence-corrected chi connectivity index (χ2v) is 9.30. The number of hydrogen-bond donors (Lipinski definition) is 1. The van der Waals surface area contributed by atoms with E-state index < -0.39 is 0 Å². The van der Waals surface area contributed by atoms with E-state index in [0.29, 0.717) is 5.41 Å². The summed E-state index contributed by atoms with van der Waals surface area (Å²) in [5.74, 6) is 1.78. The third kappa shape index (κ3) is 1.83. The molecular formula is C17H24OS. The van der Waals surface area contributed by atoms with Crippen LogP contribution in [0.5, 0.6) is 0 Å². The van der Waals surface area contributed by atoms with E-state index in [9.17, 15) is 5.11 Å². The molecule has 0 saturated heterocycles. The maximum Gasteiger partial charge on any atom is 0.0938 e. The number of aliphatic hydroxyl groups is 1. The quantitative estimate of drug-likeness (QED) is 0.830. The van der Waals surface area contributed by atoms with E-state index >= 15 is 0 Å². The summed E-state index contributed by atoms with van der Waals surface area (Å²) in [4.78, 5) is 2.54. The van der Waals surface area contributed by atoms with E-state index in [1.165, 1.54) is 48.3 Å². The maximum absolute atomic E-state index is 11.0. The topological polar surface area (TPSA) is 20.2 Å². The number of aliphatic hydroxyl groups excluding tert-OH is 1. The van der Waals surface area contributed by atoms with Gasteiger partial charge >= 0.3 is 0 Å². The molecule has 104 valence electrons. The summed E-state index contributed by atoms with van der Waals surface area (Å²) in [6.45, 7) is 4.62. The van der Waals surface area contributed by atoms with E-state index in [1.54, 1.807) is 11.3 Å². The molecule has 4 saturated carbocycles. The molecule has 4 fully saturated rings. The normalized spacial score (nSPS) is 45.6. The summed E-state index contributed by atoms with van der Waals surface area (Å²) in [6, 6.07) is 4.32. The number of thiophene rings is 1. The largest absolute Gasteiger partial charge is 0.387 e. The summed E-state index contributed by atoms with van der Waals surface area (Å²) in [7, 11) is 0. The van der Waals surface area contributed by atoms with Gasteiger partial charge in [-0.05, 0) is 74.8 Å². The predicted molar refractivity (Wildman–Crippen MR) is 79.2 cm³/mol. The van der Waals surface area contributed by atoms with Crippen LogP contribution in [0, 0.1) is 29.6 Å². The Balaban J connectivity index is 1.70. The summed E-state index contributed by atoms with van der Waals surface area (Å²) in [5.41, 5.74) is 0.730. The highest BCUT2D eigenvalue weighted by Crippen LogP contribution is 2.68. The van der Waals surface area contributed by atoms with Gasteiger partial charge in [0.25, 0.3) is 0 Å². The lowest BCUT2D eigenvalue weighted by molar-refractivity contribution is -0.154. The highest BCUT2D eigenvalue weighted by molar-refractivity contribution is 7.12. The van der Waals surface area contributed by atoms with Gasteiger partial charge in [-0.2, -0.15) is 0 Å². The molecule has 4 bridgehead atoms. The van der Waals surface area contributed by atoms with Crippen LogP contribution in [0.1, 0.15) is 61.3 Å². The Morgan fingerprint density at radius 2 is 1.89 bits per heavy atom. The van der Waals surface area contributed by atoms with Gasteiger partial charge < -0.3 is 5.11 Å². The fourth-order valence-corrected chi connectivity index (χ4v) is 7.03. The van der Waals surface area contributed by atoms with E-state index in [-0.39, 0.29) is 11.5 Å². The highest BCUT2D eigenvalue weighted by atomic mass is 32.1. The van der Waals surface area contributed by atoms with Gasteiger partial charge in [-0.1, -0.05) is 6.92 Å². The van der Waals surface area contributed by atoms with Gasteiger partial charge in [0.05, 0.1) is 6.10 Å². The second kappa shape index (κ2) is 3.85. The average Bonchev–Trinajstić information content (AvgIpc) is 2.71. The van der Waals surface area contributed by atoms with Crippen LogP contribution >= 0.6 is 11.3 Å². The van der Waals surface area contributed by atoms with E-state index in [2.05, 4.69) is 26.0 Å². The van der Waals surface area contributed by atoms with Gasteiger partial charge in [-0.3, -0.25) is 0 Å². The van der Waals surface area contributed by atoms with E-state index in [4.69, 9.17) is 0 Å². The molecule has 1 nitrogen and oxygen atoms in total. The molecular weight excluding hydrogens is 252 g/mol. The van der Waals surface area contributed by atoms with Crippen molar-refractivity contribution in [1.82, 2.24) is 0 Å². The van der Waals surface area contributed by atoms with Gasteiger partial charge in [-0.15, -0.1) is 11.3 Å². The van der Waals surface area contributed by atoms with Crippen LogP contribution in [0.4, 0.5) is 0 Å². The molecule has 0 amide bonds. The lowest BCUT2D eigenvalue weighted by Crippen LogP contribution is -2.52. The first-order chi connectivity index (χ1) is 8.98. The molecule has 1 aromatic rings. The maximum atomic E-state index is 11.0. The predicted octanol–water partition coefficient (Wildman–Crippen LogP) is 4.70. The molecule has 1 heterocycles. The number of hydrogen-bond acceptors (Lipinski definition) is 2. The highest BCUT2D eigenvalue weighted by Gasteiger charge is 2.58. The van der Waals surface area contributed by atoms with Crippen molar-refractivity contribution >= 4 is 11.3 Å². The SMILES string of the molecule is Cc1ccc(C(O)C23CC4CC(CC(C)(C4)C2)C3)s1. The van der Waals surface area contributed by atoms with Crippen molar-refractivity contribution in [2.24, 2.45) is 22.7 Å². The molecule has 0 aromatic carbocycles. The minimum Gasteiger partial charge on any atom is -0.387 e. The Morgan fingerprint density at radius 3 is 2.42 bits per heavy atom. The molecule has 0 radical (unpaired) electrons. The Bertz CT molecular complexity index is 489. The molecule has 2 heteroatoms. The molecule has 4 aliphatic rings. The van der Waals surface area contributed by atoms with Crippen LogP contribution in [-0.2, 0) is 0 Å². The minimum atomic E-state index is -0.212. The Morgan fingerprint density at radius 1 is 1.21 bits per heavy atom. The van der Waals surface area contributed by atoms with E-state index in [0.717, 1.165) is 11.8 Å². The molecule has 3 atom stereocenters. The van der Waals surface area contributed by atoms with Gasteiger partial charge in [0.15, 0.2) is 0 Å². The molecule has 4 aliphatic carbocycles. The van der Waals surface area contributed by atoms with Crippen molar-refractivity contribution < 1.29 is 5.11 Å². The smallest absolute Gasteiger partial charge is 0.0938 e. The Labute approximate surface area is 120 Å². The van der Waals surface area contributed by atoms with E-state index in [1.807, 2.05) is 0 Å². The van der Waals surface area contributed by atoms with Crippen molar-refractivity contribution in [3.8, 4) is 0 Å².